The van der Waals surface area contributed by atoms with E-state index in [2.05, 4.69) is 26.1 Å². The van der Waals surface area contributed by atoms with E-state index in [1.165, 1.54) is 0 Å². The first-order valence-corrected chi connectivity index (χ1v) is 7.17. The van der Waals surface area contributed by atoms with Crippen LogP contribution < -0.4 is 0 Å². The van der Waals surface area contributed by atoms with Crippen LogP contribution in [0.4, 0.5) is 0 Å². The zero-order valence-corrected chi connectivity index (χ0v) is 12.4. The standard InChI is InChI=1S/C16H9BrN2O2/c17-12-7-5-10(6-8-12)15-18-19-16(21-15)14-9-11-3-1-2-4-13(11)20-14/h1-9H. The Morgan fingerprint density at radius 3 is 2.38 bits per heavy atom. The van der Waals surface area contributed by atoms with Crippen LogP contribution in [0.3, 0.4) is 0 Å². The van der Waals surface area contributed by atoms with Gasteiger partial charge in [0.05, 0.1) is 0 Å². The van der Waals surface area contributed by atoms with E-state index in [0.29, 0.717) is 17.5 Å². The maximum atomic E-state index is 5.72. The highest BCUT2D eigenvalue weighted by molar-refractivity contribution is 9.10. The minimum Gasteiger partial charge on any atom is -0.451 e. The van der Waals surface area contributed by atoms with Crippen LogP contribution in [-0.2, 0) is 0 Å². The second kappa shape index (κ2) is 4.86. The van der Waals surface area contributed by atoms with E-state index in [4.69, 9.17) is 8.83 Å². The maximum Gasteiger partial charge on any atom is 0.283 e. The number of hydrogen-bond acceptors (Lipinski definition) is 4. The second-order valence-electron chi connectivity index (χ2n) is 4.57. The van der Waals surface area contributed by atoms with E-state index >= 15 is 0 Å². The van der Waals surface area contributed by atoms with Gasteiger partial charge in [-0.2, -0.15) is 0 Å². The fourth-order valence-corrected chi connectivity index (χ4v) is 2.38. The lowest BCUT2D eigenvalue weighted by Crippen LogP contribution is -1.76. The second-order valence-corrected chi connectivity index (χ2v) is 5.48. The van der Waals surface area contributed by atoms with Crippen LogP contribution in [-0.4, -0.2) is 10.2 Å². The molecule has 0 unspecified atom stereocenters. The molecule has 21 heavy (non-hydrogen) atoms. The third-order valence-electron chi connectivity index (χ3n) is 3.15. The zero-order chi connectivity index (χ0) is 14.2. The first-order valence-electron chi connectivity index (χ1n) is 6.38. The average molecular weight is 341 g/mol. The molecular formula is C16H9BrN2O2. The Kier molecular flexibility index (Phi) is 2.86. The summed E-state index contributed by atoms with van der Waals surface area (Å²) in [6, 6.07) is 17.4. The molecule has 4 nitrogen and oxygen atoms in total. The van der Waals surface area contributed by atoms with Crippen molar-refractivity contribution in [1.82, 2.24) is 10.2 Å². The van der Waals surface area contributed by atoms with Gasteiger partial charge in [0.25, 0.3) is 5.89 Å². The number of rotatable bonds is 2. The van der Waals surface area contributed by atoms with Gasteiger partial charge in [-0.25, -0.2) is 0 Å². The van der Waals surface area contributed by atoms with Crippen LogP contribution in [0.25, 0.3) is 34.1 Å². The lowest BCUT2D eigenvalue weighted by molar-refractivity contribution is 0.542. The van der Waals surface area contributed by atoms with E-state index in [0.717, 1.165) is 21.0 Å². The molecule has 4 aromatic rings. The Bertz CT molecular complexity index is 876. The number of benzene rings is 2. The molecule has 5 heteroatoms. The molecule has 4 rings (SSSR count). The summed E-state index contributed by atoms with van der Waals surface area (Å²) >= 11 is 3.40. The predicted octanol–water partition coefficient (Wildman–Crippen LogP) is 4.91. The van der Waals surface area contributed by atoms with Crippen LogP contribution in [0.15, 0.2) is 67.9 Å². The Morgan fingerprint density at radius 1 is 0.810 bits per heavy atom. The van der Waals surface area contributed by atoms with Gasteiger partial charge in [0, 0.05) is 15.4 Å². The molecule has 0 radical (unpaired) electrons. The minimum atomic E-state index is 0.379. The fourth-order valence-electron chi connectivity index (χ4n) is 2.12. The summed E-state index contributed by atoms with van der Waals surface area (Å²) in [5, 5.41) is 9.14. The van der Waals surface area contributed by atoms with Crippen molar-refractivity contribution in [2.75, 3.05) is 0 Å². The summed E-state index contributed by atoms with van der Waals surface area (Å²) < 4.78 is 12.4. The number of nitrogens with zero attached hydrogens (tertiary/aromatic N) is 2. The molecule has 2 aromatic carbocycles. The van der Waals surface area contributed by atoms with Crippen molar-refractivity contribution < 1.29 is 8.83 Å². The van der Waals surface area contributed by atoms with Gasteiger partial charge in [-0.05, 0) is 36.4 Å². The van der Waals surface area contributed by atoms with Crippen molar-refractivity contribution >= 4 is 26.9 Å². The van der Waals surface area contributed by atoms with E-state index in [9.17, 15) is 0 Å². The van der Waals surface area contributed by atoms with Crippen LogP contribution in [0.5, 0.6) is 0 Å². The van der Waals surface area contributed by atoms with Gasteiger partial charge in [0.15, 0.2) is 5.76 Å². The number of fused-ring (bicyclic) bond motifs is 1. The molecule has 0 fully saturated rings. The maximum absolute atomic E-state index is 5.72. The van der Waals surface area contributed by atoms with E-state index in [1.54, 1.807) is 0 Å². The highest BCUT2D eigenvalue weighted by atomic mass is 79.9. The molecule has 0 amide bonds. The number of aromatic nitrogens is 2. The van der Waals surface area contributed by atoms with Crippen molar-refractivity contribution in [3.05, 3.63) is 59.1 Å². The van der Waals surface area contributed by atoms with Gasteiger partial charge >= 0.3 is 0 Å². The molecule has 0 aliphatic heterocycles. The van der Waals surface area contributed by atoms with E-state index in [1.807, 2.05) is 54.6 Å². The minimum absolute atomic E-state index is 0.379. The molecule has 0 spiro atoms. The summed E-state index contributed by atoms with van der Waals surface area (Å²) in [6.07, 6.45) is 0. The topological polar surface area (TPSA) is 52.1 Å². The number of hydrogen-bond donors (Lipinski definition) is 0. The van der Waals surface area contributed by atoms with Crippen LogP contribution in [0.1, 0.15) is 0 Å². The number of para-hydroxylation sites is 1. The van der Waals surface area contributed by atoms with Gasteiger partial charge < -0.3 is 8.83 Å². The van der Waals surface area contributed by atoms with Crippen molar-refractivity contribution in [3.8, 4) is 23.1 Å². The summed E-state index contributed by atoms with van der Waals surface area (Å²) in [7, 11) is 0. The Balaban J connectivity index is 1.75. The Labute approximate surface area is 128 Å². The predicted molar refractivity (Wildman–Crippen MR) is 82.6 cm³/mol. The SMILES string of the molecule is Brc1ccc(-c2nnc(-c3cc4ccccc4o3)o2)cc1. The molecule has 0 saturated heterocycles. The molecule has 0 aliphatic carbocycles. The van der Waals surface area contributed by atoms with Gasteiger partial charge in [-0.15, -0.1) is 10.2 Å². The molecule has 0 saturated carbocycles. The molecular weight excluding hydrogens is 332 g/mol. The molecule has 0 N–H and O–H groups in total. The first-order chi connectivity index (χ1) is 10.3. The highest BCUT2D eigenvalue weighted by Gasteiger charge is 2.14. The van der Waals surface area contributed by atoms with Crippen molar-refractivity contribution in [2.24, 2.45) is 0 Å². The van der Waals surface area contributed by atoms with Gasteiger partial charge in [0.1, 0.15) is 5.58 Å². The van der Waals surface area contributed by atoms with E-state index < -0.39 is 0 Å². The van der Waals surface area contributed by atoms with Crippen LogP contribution >= 0.6 is 15.9 Å². The van der Waals surface area contributed by atoms with Crippen molar-refractivity contribution in [1.29, 1.82) is 0 Å². The number of furan rings is 1. The Morgan fingerprint density at radius 2 is 1.57 bits per heavy atom. The highest BCUT2D eigenvalue weighted by Crippen LogP contribution is 2.29. The van der Waals surface area contributed by atoms with Gasteiger partial charge in [-0.1, -0.05) is 34.1 Å². The average Bonchev–Trinajstić information content (AvgIpc) is 3.14. The molecule has 0 atom stereocenters. The van der Waals surface area contributed by atoms with Crippen LogP contribution in [0, 0.1) is 0 Å². The third-order valence-corrected chi connectivity index (χ3v) is 3.68. The Hall–Kier alpha value is -2.40. The lowest BCUT2D eigenvalue weighted by Gasteiger charge is -1.93. The quantitative estimate of drug-likeness (QED) is 0.520. The van der Waals surface area contributed by atoms with E-state index in [-0.39, 0.29) is 0 Å². The first kappa shape index (κ1) is 12.3. The molecule has 0 bridgehead atoms. The molecule has 2 aromatic heterocycles. The monoisotopic (exact) mass is 340 g/mol. The normalized spacial score (nSPS) is 11.1. The summed E-state index contributed by atoms with van der Waals surface area (Å²) in [5.41, 5.74) is 1.67. The largest absolute Gasteiger partial charge is 0.451 e. The molecule has 102 valence electrons. The summed E-state index contributed by atoms with van der Waals surface area (Å²) in [5.74, 6) is 1.43. The smallest absolute Gasteiger partial charge is 0.283 e. The molecule has 2 heterocycles. The summed E-state index contributed by atoms with van der Waals surface area (Å²) in [4.78, 5) is 0. The van der Waals surface area contributed by atoms with Gasteiger partial charge in [-0.3, -0.25) is 0 Å². The third kappa shape index (κ3) is 2.25. The zero-order valence-electron chi connectivity index (χ0n) is 10.8. The molecule has 0 aliphatic rings. The van der Waals surface area contributed by atoms with Crippen molar-refractivity contribution in [2.45, 2.75) is 0 Å². The van der Waals surface area contributed by atoms with Crippen molar-refractivity contribution in [3.63, 3.8) is 0 Å². The number of halogens is 1. The fraction of sp³-hybridized carbons (Fsp3) is 0. The van der Waals surface area contributed by atoms with Gasteiger partial charge in [0.2, 0.25) is 5.89 Å². The summed E-state index contributed by atoms with van der Waals surface area (Å²) in [6.45, 7) is 0. The lowest BCUT2D eigenvalue weighted by atomic mass is 10.2. The van der Waals surface area contributed by atoms with Crippen LogP contribution in [0.2, 0.25) is 0 Å².